The summed E-state index contributed by atoms with van der Waals surface area (Å²) in [6.45, 7) is 10.9. The third-order valence-electron chi connectivity index (χ3n) is 9.83. The Bertz CT molecular complexity index is 926. The van der Waals surface area contributed by atoms with Gasteiger partial charge in [-0.15, -0.1) is 0 Å². The number of hydrogen-bond acceptors (Lipinski definition) is 9. The third kappa shape index (κ3) is 37.4. The fourth-order valence-electron chi connectivity index (χ4n) is 6.32. The molecule has 2 atom stereocenters. The zero-order chi connectivity index (χ0) is 41.2. The number of esters is 3. The molecule has 0 bridgehead atoms. The van der Waals surface area contributed by atoms with E-state index in [0.29, 0.717) is 65.0 Å². The van der Waals surface area contributed by atoms with Crippen LogP contribution in [0.4, 0.5) is 0 Å². The van der Waals surface area contributed by atoms with Gasteiger partial charge in [-0.25, -0.2) is 0 Å². The highest BCUT2D eigenvalue weighted by Crippen LogP contribution is 2.20. The van der Waals surface area contributed by atoms with Crippen molar-refractivity contribution in [2.75, 3.05) is 33.0 Å². The van der Waals surface area contributed by atoms with Gasteiger partial charge in [0, 0.05) is 26.1 Å². The molecule has 0 aliphatic rings. The fourth-order valence-corrected chi connectivity index (χ4v) is 6.32. The topological polar surface area (TPSA) is 118 Å². The van der Waals surface area contributed by atoms with E-state index >= 15 is 0 Å². The molecular formula is C47H86O9. The number of aliphatic hydroxyl groups is 1. The smallest absolute Gasteiger partial charge is 0.308 e. The summed E-state index contributed by atoms with van der Waals surface area (Å²) in [5.41, 5.74) is 0. The monoisotopic (exact) mass is 795 g/mol. The Kier molecular flexibility index (Phi) is 40.7. The highest BCUT2D eigenvalue weighted by atomic mass is 16.7. The average molecular weight is 795 g/mol. The van der Waals surface area contributed by atoms with Crippen LogP contribution in [0.1, 0.15) is 207 Å². The number of carbonyl (C=O) groups excluding carboxylic acids is 3. The van der Waals surface area contributed by atoms with Crippen LogP contribution in [0.5, 0.6) is 0 Å². The molecular weight excluding hydrogens is 709 g/mol. The van der Waals surface area contributed by atoms with E-state index in [1.54, 1.807) is 0 Å². The van der Waals surface area contributed by atoms with Gasteiger partial charge in [0.25, 0.3) is 0 Å². The van der Waals surface area contributed by atoms with Gasteiger partial charge >= 0.3 is 17.9 Å². The van der Waals surface area contributed by atoms with E-state index < -0.39 is 12.4 Å². The lowest BCUT2D eigenvalue weighted by Gasteiger charge is -2.18. The number of carbonyl (C=O) groups is 3. The van der Waals surface area contributed by atoms with Gasteiger partial charge in [0.1, 0.15) is 0 Å². The zero-order valence-corrected chi connectivity index (χ0v) is 36.6. The molecule has 56 heavy (non-hydrogen) atoms. The molecule has 9 nitrogen and oxygen atoms in total. The molecule has 0 heterocycles. The van der Waals surface area contributed by atoms with Crippen LogP contribution in [0.2, 0.25) is 0 Å². The van der Waals surface area contributed by atoms with E-state index in [0.717, 1.165) is 116 Å². The van der Waals surface area contributed by atoms with Crippen molar-refractivity contribution in [1.82, 2.24) is 0 Å². The summed E-state index contributed by atoms with van der Waals surface area (Å²) in [5.74, 6) is -0.453. The maximum absolute atomic E-state index is 12.6. The molecule has 0 aliphatic heterocycles. The summed E-state index contributed by atoms with van der Waals surface area (Å²) in [4.78, 5) is 37.1. The molecule has 0 aromatic heterocycles. The first-order valence-corrected chi connectivity index (χ1v) is 23.1. The summed E-state index contributed by atoms with van der Waals surface area (Å²) in [5, 5.41) is 10.3. The standard InChI is InChI=1S/C47H86O9/c1-5-9-13-16-20-25-37-54-46(55-38-26-21-17-14-10-6-2)36-35-45(50)53-41-29-33-43(48)32-28-40-52-44(49)34-24-19-18-22-27-39-56-47(51)42(30-12-8-4)31-23-15-11-7-3/h9-10,13-14,42-43,46,48H,5-8,11-12,15-41H2,1-4H3/b13-9-,14-10-. The normalized spacial score (nSPS) is 12.8. The van der Waals surface area contributed by atoms with E-state index in [1.165, 1.54) is 19.3 Å². The first-order chi connectivity index (χ1) is 27.4. The lowest BCUT2D eigenvalue weighted by Crippen LogP contribution is -2.21. The van der Waals surface area contributed by atoms with Crippen LogP contribution in [0.25, 0.3) is 0 Å². The highest BCUT2D eigenvalue weighted by molar-refractivity contribution is 5.72. The molecule has 1 N–H and O–H groups in total. The molecule has 0 saturated heterocycles. The maximum Gasteiger partial charge on any atom is 0.308 e. The lowest BCUT2D eigenvalue weighted by atomic mass is 9.95. The minimum Gasteiger partial charge on any atom is -0.466 e. The van der Waals surface area contributed by atoms with E-state index in [9.17, 15) is 19.5 Å². The minimum atomic E-state index is -0.527. The second-order valence-corrected chi connectivity index (χ2v) is 15.2. The van der Waals surface area contributed by atoms with Crippen molar-refractivity contribution in [3.05, 3.63) is 24.3 Å². The Hall–Kier alpha value is -2.23. The van der Waals surface area contributed by atoms with Crippen molar-refractivity contribution in [1.29, 1.82) is 0 Å². The summed E-state index contributed by atoms with van der Waals surface area (Å²) < 4.78 is 28.4. The fraction of sp³-hybridized carbons (Fsp3) is 0.851. The Morgan fingerprint density at radius 2 is 0.964 bits per heavy atom. The summed E-state index contributed by atoms with van der Waals surface area (Å²) in [7, 11) is 0. The van der Waals surface area contributed by atoms with Crippen LogP contribution < -0.4 is 0 Å². The predicted molar refractivity (Wildman–Crippen MR) is 228 cm³/mol. The Morgan fingerprint density at radius 3 is 1.55 bits per heavy atom. The van der Waals surface area contributed by atoms with E-state index in [4.69, 9.17) is 23.7 Å². The molecule has 328 valence electrons. The molecule has 0 aromatic rings. The van der Waals surface area contributed by atoms with E-state index in [2.05, 4.69) is 52.0 Å². The minimum absolute atomic E-state index is 0.0207. The molecule has 0 aliphatic carbocycles. The molecule has 0 saturated carbocycles. The number of aliphatic hydroxyl groups excluding tert-OH is 1. The van der Waals surface area contributed by atoms with Crippen LogP contribution in [0, 0.1) is 5.92 Å². The average Bonchev–Trinajstić information content (AvgIpc) is 3.19. The molecule has 0 rings (SSSR count). The van der Waals surface area contributed by atoms with Gasteiger partial charge in [-0.3, -0.25) is 14.4 Å². The van der Waals surface area contributed by atoms with E-state index in [1.807, 2.05) is 0 Å². The molecule has 0 aromatic carbocycles. The number of ether oxygens (including phenoxy) is 5. The van der Waals surface area contributed by atoms with Crippen molar-refractivity contribution in [3.63, 3.8) is 0 Å². The Morgan fingerprint density at radius 1 is 0.464 bits per heavy atom. The first-order valence-electron chi connectivity index (χ1n) is 23.1. The van der Waals surface area contributed by atoms with Crippen LogP contribution in [0.3, 0.4) is 0 Å². The van der Waals surface area contributed by atoms with Crippen molar-refractivity contribution >= 4 is 17.9 Å². The maximum atomic E-state index is 12.6. The van der Waals surface area contributed by atoms with Gasteiger partial charge in [0.05, 0.1) is 38.3 Å². The van der Waals surface area contributed by atoms with Gasteiger partial charge in [-0.05, 0) is 103 Å². The predicted octanol–water partition coefficient (Wildman–Crippen LogP) is 12.1. The third-order valence-corrected chi connectivity index (χ3v) is 9.83. The van der Waals surface area contributed by atoms with Gasteiger partial charge in [-0.1, -0.05) is 110 Å². The number of hydrogen-bond donors (Lipinski definition) is 1. The summed E-state index contributed by atoms with van der Waals surface area (Å²) >= 11 is 0. The first kappa shape index (κ1) is 53.8. The van der Waals surface area contributed by atoms with Crippen LogP contribution in [-0.4, -0.2) is 68.4 Å². The van der Waals surface area contributed by atoms with E-state index in [-0.39, 0.29) is 36.9 Å². The second kappa shape index (κ2) is 42.4. The Labute approximate surface area is 343 Å². The molecule has 0 radical (unpaired) electrons. The molecule has 0 fully saturated rings. The molecule has 0 spiro atoms. The number of allylic oxidation sites excluding steroid dienone is 4. The van der Waals surface area contributed by atoms with Crippen molar-refractivity contribution in [2.45, 2.75) is 220 Å². The van der Waals surface area contributed by atoms with Crippen LogP contribution >= 0.6 is 0 Å². The van der Waals surface area contributed by atoms with Gasteiger partial charge in [-0.2, -0.15) is 0 Å². The molecule has 9 heteroatoms. The summed E-state index contributed by atoms with van der Waals surface area (Å²) in [6.07, 6.45) is 32.7. The van der Waals surface area contributed by atoms with Crippen molar-refractivity contribution in [3.8, 4) is 0 Å². The largest absolute Gasteiger partial charge is 0.466 e. The lowest BCUT2D eigenvalue weighted by molar-refractivity contribution is -0.159. The van der Waals surface area contributed by atoms with Gasteiger partial charge < -0.3 is 28.8 Å². The van der Waals surface area contributed by atoms with Crippen molar-refractivity contribution < 1.29 is 43.2 Å². The zero-order valence-electron chi connectivity index (χ0n) is 36.6. The van der Waals surface area contributed by atoms with Gasteiger partial charge in [0.2, 0.25) is 0 Å². The van der Waals surface area contributed by atoms with Gasteiger partial charge in [0.15, 0.2) is 6.29 Å². The molecule has 0 amide bonds. The summed E-state index contributed by atoms with van der Waals surface area (Å²) in [6, 6.07) is 0. The number of rotatable bonds is 42. The molecule has 2 unspecified atom stereocenters. The SMILES string of the molecule is CC/C=C\CCCCOC(CCC(=O)OCCCC(O)CCCOC(=O)CCCCCCCOC(=O)C(CCCC)CCCCCC)OCCCC/C=C\CC. The Balaban J connectivity index is 3.99. The second-order valence-electron chi connectivity index (χ2n) is 15.2. The van der Waals surface area contributed by atoms with Crippen molar-refractivity contribution in [2.24, 2.45) is 5.92 Å². The quantitative estimate of drug-likeness (QED) is 0.0212. The van der Waals surface area contributed by atoms with Crippen LogP contribution in [0.15, 0.2) is 24.3 Å². The highest BCUT2D eigenvalue weighted by Gasteiger charge is 2.19. The number of unbranched alkanes of at least 4 members (excludes halogenated alkanes) is 12. The van der Waals surface area contributed by atoms with Crippen LogP contribution in [-0.2, 0) is 38.1 Å².